The molecule has 4 nitrogen and oxygen atoms in total. The molecule has 2 rings (SSSR count). The number of aliphatic hydroxyl groups excluding tert-OH is 1. The number of aliphatic hydroxyl groups is 1. The van der Waals surface area contributed by atoms with Crippen molar-refractivity contribution in [3.63, 3.8) is 0 Å². The van der Waals surface area contributed by atoms with Crippen LogP contribution >= 0.6 is 0 Å². The van der Waals surface area contributed by atoms with Crippen LogP contribution in [0.1, 0.15) is 44.6 Å². The molecule has 1 fully saturated rings. The van der Waals surface area contributed by atoms with Crippen LogP contribution in [0.4, 0.5) is 0 Å². The second kappa shape index (κ2) is 8.92. The van der Waals surface area contributed by atoms with Crippen molar-refractivity contribution in [1.82, 2.24) is 5.32 Å². The first kappa shape index (κ1) is 17.8. The number of ether oxygens (including phenoxy) is 1. The van der Waals surface area contributed by atoms with E-state index in [4.69, 9.17) is 9.84 Å². The Morgan fingerprint density at radius 3 is 2.65 bits per heavy atom. The van der Waals surface area contributed by atoms with Crippen molar-refractivity contribution < 1.29 is 14.6 Å². The van der Waals surface area contributed by atoms with Crippen molar-refractivity contribution >= 4 is 5.91 Å². The molecule has 0 aromatic heterocycles. The molecule has 1 unspecified atom stereocenters. The maximum absolute atomic E-state index is 12.2. The molecule has 1 amide bonds. The Bertz CT molecular complexity index is 495. The molecule has 23 heavy (non-hydrogen) atoms. The summed E-state index contributed by atoms with van der Waals surface area (Å²) in [5.74, 6) is 1.73. The van der Waals surface area contributed by atoms with E-state index < -0.39 is 0 Å². The van der Waals surface area contributed by atoms with Gasteiger partial charge in [0.2, 0.25) is 5.91 Å². The van der Waals surface area contributed by atoms with Gasteiger partial charge < -0.3 is 15.2 Å². The molecule has 0 bridgehead atoms. The molecule has 0 saturated heterocycles. The van der Waals surface area contributed by atoms with Gasteiger partial charge in [0.05, 0.1) is 7.11 Å². The topological polar surface area (TPSA) is 58.6 Å². The minimum absolute atomic E-state index is 0.139. The summed E-state index contributed by atoms with van der Waals surface area (Å²) in [5, 5.41) is 12.3. The van der Waals surface area contributed by atoms with E-state index in [-0.39, 0.29) is 24.5 Å². The van der Waals surface area contributed by atoms with Crippen molar-refractivity contribution in [2.24, 2.45) is 11.8 Å². The average Bonchev–Trinajstić information content (AvgIpc) is 2.55. The van der Waals surface area contributed by atoms with E-state index >= 15 is 0 Å². The van der Waals surface area contributed by atoms with Crippen molar-refractivity contribution in [3.05, 3.63) is 29.8 Å². The van der Waals surface area contributed by atoms with Crippen LogP contribution in [0.3, 0.4) is 0 Å². The molecule has 1 aromatic carbocycles. The third-order valence-corrected chi connectivity index (χ3v) is 4.76. The Hall–Kier alpha value is -1.55. The molecule has 4 heteroatoms. The number of benzene rings is 1. The molecule has 1 atom stereocenters. The largest absolute Gasteiger partial charge is 0.496 e. The minimum atomic E-state index is 0.139. The molecule has 0 aliphatic heterocycles. The maximum Gasteiger partial charge on any atom is 0.220 e. The van der Waals surface area contributed by atoms with Gasteiger partial charge in [-0.2, -0.15) is 0 Å². The van der Waals surface area contributed by atoms with Gasteiger partial charge >= 0.3 is 0 Å². The lowest BCUT2D eigenvalue weighted by molar-refractivity contribution is -0.122. The number of rotatable bonds is 7. The maximum atomic E-state index is 12.2. The number of hydrogen-bond donors (Lipinski definition) is 2. The number of para-hydroxylation sites is 1. The zero-order chi connectivity index (χ0) is 16.7. The number of methoxy groups -OCH3 is 1. The molecule has 1 saturated carbocycles. The number of carbonyl (C=O) groups excluding carboxylic acids is 1. The van der Waals surface area contributed by atoms with Crippen molar-refractivity contribution in [2.75, 3.05) is 13.7 Å². The van der Waals surface area contributed by atoms with Gasteiger partial charge in [-0.1, -0.05) is 25.1 Å². The fourth-order valence-corrected chi connectivity index (χ4v) is 3.41. The second-order valence-electron chi connectivity index (χ2n) is 6.79. The van der Waals surface area contributed by atoms with Gasteiger partial charge in [-0.3, -0.25) is 4.79 Å². The van der Waals surface area contributed by atoms with Crippen LogP contribution in [0.15, 0.2) is 24.3 Å². The van der Waals surface area contributed by atoms with Crippen LogP contribution in [-0.4, -0.2) is 30.8 Å². The van der Waals surface area contributed by atoms with Crippen molar-refractivity contribution in [3.8, 4) is 5.75 Å². The van der Waals surface area contributed by atoms with Crippen molar-refractivity contribution in [1.29, 1.82) is 0 Å². The van der Waals surface area contributed by atoms with Crippen LogP contribution in [-0.2, 0) is 11.2 Å². The minimum Gasteiger partial charge on any atom is -0.496 e. The summed E-state index contributed by atoms with van der Waals surface area (Å²) in [5.41, 5.74) is 1.15. The molecule has 0 spiro atoms. The number of hydrogen-bond acceptors (Lipinski definition) is 3. The van der Waals surface area contributed by atoms with Gasteiger partial charge in [0.15, 0.2) is 0 Å². The second-order valence-corrected chi connectivity index (χ2v) is 6.79. The molecule has 0 radical (unpaired) electrons. The quantitative estimate of drug-likeness (QED) is 0.812. The third kappa shape index (κ3) is 5.54. The first-order valence-corrected chi connectivity index (χ1v) is 8.64. The van der Waals surface area contributed by atoms with E-state index in [1.807, 2.05) is 18.2 Å². The molecular formula is C19H29NO3. The molecular weight excluding hydrogens is 290 g/mol. The van der Waals surface area contributed by atoms with Crippen LogP contribution in [0.5, 0.6) is 5.75 Å². The van der Waals surface area contributed by atoms with E-state index in [9.17, 15) is 4.79 Å². The third-order valence-electron chi connectivity index (χ3n) is 4.76. The van der Waals surface area contributed by atoms with E-state index in [1.165, 1.54) is 0 Å². The zero-order valence-corrected chi connectivity index (χ0v) is 14.3. The zero-order valence-electron chi connectivity index (χ0n) is 14.3. The molecule has 128 valence electrons. The Morgan fingerprint density at radius 2 is 2.00 bits per heavy atom. The summed E-state index contributed by atoms with van der Waals surface area (Å²) >= 11 is 0. The highest BCUT2D eigenvalue weighted by Crippen LogP contribution is 2.25. The number of nitrogens with one attached hydrogen (secondary N) is 1. The van der Waals surface area contributed by atoms with E-state index in [0.29, 0.717) is 12.3 Å². The van der Waals surface area contributed by atoms with Gasteiger partial charge in [-0.05, 0) is 55.6 Å². The molecule has 0 heterocycles. The summed E-state index contributed by atoms with van der Waals surface area (Å²) in [6, 6.07) is 8.27. The number of amides is 1. The summed E-state index contributed by atoms with van der Waals surface area (Å²) in [6.07, 6.45) is 5.37. The van der Waals surface area contributed by atoms with Gasteiger partial charge in [-0.25, -0.2) is 0 Å². The Kier molecular flexibility index (Phi) is 6.90. The fourth-order valence-electron chi connectivity index (χ4n) is 3.41. The lowest BCUT2D eigenvalue weighted by atomic mass is 9.86. The van der Waals surface area contributed by atoms with Gasteiger partial charge in [-0.15, -0.1) is 0 Å². The molecule has 2 N–H and O–H groups in total. The lowest BCUT2D eigenvalue weighted by Crippen LogP contribution is -2.38. The monoisotopic (exact) mass is 319 g/mol. The van der Waals surface area contributed by atoms with E-state index in [2.05, 4.69) is 18.3 Å². The number of carbonyl (C=O) groups is 1. The van der Waals surface area contributed by atoms with Crippen LogP contribution < -0.4 is 10.1 Å². The first-order chi connectivity index (χ1) is 11.1. The van der Waals surface area contributed by atoms with Gasteiger partial charge in [0, 0.05) is 19.1 Å². The lowest BCUT2D eigenvalue weighted by Gasteiger charge is -2.28. The predicted molar refractivity (Wildman–Crippen MR) is 91.5 cm³/mol. The highest BCUT2D eigenvalue weighted by Gasteiger charge is 2.22. The smallest absolute Gasteiger partial charge is 0.220 e. The SMILES string of the molecule is COc1ccccc1CC(C)CC(=O)NC1CCC(CO)CC1. The van der Waals surface area contributed by atoms with Crippen LogP contribution in [0.25, 0.3) is 0 Å². The highest BCUT2D eigenvalue weighted by atomic mass is 16.5. The Labute approximate surface area is 139 Å². The average molecular weight is 319 g/mol. The molecule has 1 aromatic rings. The van der Waals surface area contributed by atoms with Crippen LogP contribution in [0.2, 0.25) is 0 Å². The fraction of sp³-hybridized carbons (Fsp3) is 0.632. The van der Waals surface area contributed by atoms with E-state index in [0.717, 1.165) is 43.4 Å². The predicted octanol–water partition coefficient (Wildman–Crippen LogP) is 2.93. The van der Waals surface area contributed by atoms with Gasteiger partial charge in [0.25, 0.3) is 0 Å². The standard InChI is InChI=1S/C19H29NO3/c1-14(11-16-5-3-4-6-18(16)23-2)12-19(22)20-17-9-7-15(13-21)8-10-17/h3-6,14-15,17,21H,7-13H2,1-2H3,(H,20,22). The van der Waals surface area contributed by atoms with E-state index in [1.54, 1.807) is 7.11 Å². The summed E-state index contributed by atoms with van der Waals surface area (Å²) in [4.78, 5) is 12.2. The first-order valence-electron chi connectivity index (χ1n) is 8.64. The molecule has 1 aliphatic carbocycles. The Morgan fingerprint density at radius 1 is 1.30 bits per heavy atom. The summed E-state index contributed by atoms with van der Waals surface area (Å²) in [7, 11) is 1.68. The van der Waals surface area contributed by atoms with Crippen LogP contribution in [0, 0.1) is 11.8 Å². The molecule has 1 aliphatic rings. The van der Waals surface area contributed by atoms with Gasteiger partial charge in [0.1, 0.15) is 5.75 Å². The normalized spacial score (nSPS) is 22.4. The Balaban J connectivity index is 1.76. The van der Waals surface area contributed by atoms with Crippen molar-refractivity contribution in [2.45, 2.75) is 51.5 Å². The summed E-state index contributed by atoms with van der Waals surface area (Å²) in [6.45, 7) is 2.38. The highest BCUT2D eigenvalue weighted by molar-refractivity contribution is 5.76. The summed E-state index contributed by atoms with van der Waals surface area (Å²) < 4.78 is 5.37.